The lowest BCUT2D eigenvalue weighted by molar-refractivity contribution is -0.132. The molecule has 9 N–H and O–H groups in total. The van der Waals surface area contributed by atoms with Crippen molar-refractivity contribution in [3.63, 3.8) is 0 Å². The maximum absolute atomic E-state index is 13.2. The number of rotatable bonds is 8. The lowest BCUT2D eigenvalue weighted by atomic mass is 9.86. The number of ether oxygens (including phenoxy) is 1. The predicted molar refractivity (Wildman–Crippen MR) is 138 cm³/mol. The van der Waals surface area contributed by atoms with Gasteiger partial charge in [-0.25, -0.2) is 10.6 Å². The molecule has 1 amide bonds. The van der Waals surface area contributed by atoms with E-state index >= 15 is 0 Å². The Bertz CT molecular complexity index is 1130. The van der Waals surface area contributed by atoms with Crippen LogP contribution in [0.2, 0.25) is 0 Å². The zero-order chi connectivity index (χ0) is 25.8. The quantitative estimate of drug-likeness (QED) is 0.140. The van der Waals surface area contributed by atoms with E-state index in [1.807, 2.05) is 18.4 Å². The molecule has 0 saturated heterocycles. The number of nitrogens with one attached hydrogen (secondary N) is 2. The molecule has 34 heavy (non-hydrogen) atoms. The van der Waals surface area contributed by atoms with E-state index in [-0.39, 0.29) is 16.8 Å². The van der Waals surface area contributed by atoms with Gasteiger partial charge < -0.3 is 31.3 Å². The summed E-state index contributed by atoms with van der Waals surface area (Å²) >= 11 is 1.41. The van der Waals surface area contributed by atoms with E-state index in [1.165, 1.54) is 25.1 Å². The summed E-state index contributed by atoms with van der Waals surface area (Å²) in [4.78, 5) is 24.3. The summed E-state index contributed by atoms with van der Waals surface area (Å²) in [6.45, 7) is 7.97. The molecule has 0 heterocycles. The SMILES string of the molecule is COc1c(NSC)cc(C(C)(C)C)cc1NC(=O)c1ccc(C)c(N(N)/C(N)=C(\N)C(=O)O)c1. The van der Waals surface area contributed by atoms with E-state index in [1.54, 1.807) is 19.1 Å². The Labute approximate surface area is 203 Å². The molecule has 0 fully saturated rings. The van der Waals surface area contributed by atoms with E-state index in [4.69, 9.17) is 27.2 Å². The van der Waals surface area contributed by atoms with Crippen LogP contribution in [0.4, 0.5) is 17.1 Å². The Morgan fingerprint density at radius 1 is 1.12 bits per heavy atom. The van der Waals surface area contributed by atoms with Crippen molar-refractivity contribution in [2.45, 2.75) is 33.1 Å². The number of amides is 1. The highest BCUT2D eigenvalue weighted by atomic mass is 32.2. The van der Waals surface area contributed by atoms with Crippen LogP contribution in [0.3, 0.4) is 0 Å². The second-order valence-electron chi connectivity index (χ2n) is 8.59. The number of carbonyl (C=O) groups excluding carboxylic acids is 1. The van der Waals surface area contributed by atoms with Crippen molar-refractivity contribution in [1.29, 1.82) is 0 Å². The van der Waals surface area contributed by atoms with E-state index in [0.29, 0.717) is 22.7 Å². The number of nitrogens with zero attached hydrogens (tertiary/aromatic N) is 1. The van der Waals surface area contributed by atoms with Gasteiger partial charge in [0.2, 0.25) is 0 Å². The number of carboxylic acids is 1. The molecule has 0 atom stereocenters. The molecule has 2 rings (SSSR count). The van der Waals surface area contributed by atoms with Crippen molar-refractivity contribution in [3.8, 4) is 5.75 Å². The number of aryl methyl sites for hydroxylation is 1. The Kier molecular flexibility index (Phi) is 8.30. The van der Waals surface area contributed by atoms with E-state index in [2.05, 4.69) is 30.8 Å². The summed E-state index contributed by atoms with van der Waals surface area (Å²) in [5.74, 6) is 4.34. The van der Waals surface area contributed by atoms with Crippen molar-refractivity contribution in [2.75, 3.05) is 28.4 Å². The smallest absolute Gasteiger partial charge is 0.355 e. The summed E-state index contributed by atoms with van der Waals surface area (Å²) in [7, 11) is 1.53. The summed E-state index contributed by atoms with van der Waals surface area (Å²) in [6.07, 6.45) is 1.89. The van der Waals surface area contributed by atoms with Gasteiger partial charge in [-0.05, 0) is 47.7 Å². The Hall–Kier alpha value is -3.57. The molecular weight excluding hydrogens is 456 g/mol. The molecule has 0 spiro atoms. The molecule has 0 aliphatic carbocycles. The molecule has 184 valence electrons. The summed E-state index contributed by atoms with van der Waals surface area (Å²) in [5.41, 5.74) is 14.0. The molecule has 2 aromatic carbocycles. The number of carbonyl (C=O) groups is 2. The minimum atomic E-state index is -1.40. The van der Waals surface area contributed by atoms with Gasteiger partial charge in [0.1, 0.15) is 5.82 Å². The standard InChI is InChI=1S/C23H32N6O4S/c1-12-7-8-13(9-17(12)29(26)20(25)18(24)22(31)32)21(30)27-15-10-14(23(2,3)4)11-16(28-34-6)19(15)33-5/h7-11,28H,24-26H2,1-6H3,(H,27,30)(H,31,32)/b20-18-. The Morgan fingerprint density at radius 3 is 2.26 bits per heavy atom. The maximum Gasteiger partial charge on any atom is 0.355 e. The minimum Gasteiger partial charge on any atom is -0.492 e. The van der Waals surface area contributed by atoms with Crippen LogP contribution in [-0.2, 0) is 10.2 Å². The number of aliphatic carboxylic acids is 1. The van der Waals surface area contributed by atoms with Crippen molar-refractivity contribution < 1.29 is 19.4 Å². The van der Waals surface area contributed by atoms with Gasteiger partial charge in [-0.2, -0.15) is 0 Å². The lowest BCUT2D eigenvalue weighted by Crippen LogP contribution is -2.38. The molecule has 0 unspecified atom stereocenters. The first-order chi connectivity index (χ1) is 15.8. The number of hydrogen-bond donors (Lipinski definition) is 6. The number of anilines is 3. The highest BCUT2D eigenvalue weighted by Gasteiger charge is 2.22. The molecule has 0 bridgehead atoms. The van der Waals surface area contributed by atoms with Gasteiger partial charge >= 0.3 is 5.97 Å². The first kappa shape index (κ1) is 26.7. The van der Waals surface area contributed by atoms with Crippen LogP contribution < -0.4 is 37.1 Å². The molecular formula is C23H32N6O4S. The van der Waals surface area contributed by atoms with Gasteiger partial charge in [-0.3, -0.25) is 9.80 Å². The van der Waals surface area contributed by atoms with Crippen molar-refractivity contribution in [2.24, 2.45) is 17.3 Å². The summed E-state index contributed by atoms with van der Waals surface area (Å²) in [6, 6.07) is 8.68. The molecule has 0 radical (unpaired) electrons. The topological polar surface area (TPSA) is 169 Å². The molecule has 0 saturated carbocycles. The van der Waals surface area contributed by atoms with E-state index < -0.39 is 17.6 Å². The number of hydrogen-bond acceptors (Lipinski definition) is 9. The third kappa shape index (κ3) is 5.86. The van der Waals surface area contributed by atoms with Crippen LogP contribution in [0.15, 0.2) is 41.8 Å². The van der Waals surface area contributed by atoms with Crippen LogP contribution in [0.1, 0.15) is 42.3 Å². The highest BCUT2D eigenvalue weighted by Crippen LogP contribution is 2.39. The second-order valence-corrected chi connectivity index (χ2v) is 9.20. The fraction of sp³-hybridized carbons (Fsp3) is 0.304. The summed E-state index contributed by atoms with van der Waals surface area (Å²) < 4.78 is 8.78. The van der Waals surface area contributed by atoms with Gasteiger partial charge in [0, 0.05) is 11.8 Å². The normalized spacial score (nSPS) is 12.0. The maximum atomic E-state index is 13.2. The number of hydrazine groups is 1. The monoisotopic (exact) mass is 488 g/mol. The zero-order valence-electron chi connectivity index (χ0n) is 20.1. The largest absolute Gasteiger partial charge is 0.492 e. The van der Waals surface area contributed by atoms with Crippen LogP contribution >= 0.6 is 11.9 Å². The van der Waals surface area contributed by atoms with Gasteiger partial charge in [0.05, 0.1) is 24.2 Å². The van der Waals surface area contributed by atoms with Gasteiger partial charge in [-0.15, -0.1) is 0 Å². The first-order valence-electron chi connectivity index (χ1n) is 10.3. The molecule has 10 nitrogen and oxygen atoms in total. The number of benzene rings is 2. The van der Waals surface area contributed by atoms with Gasteiger partial charge in [0.15, 0.2) is 11.4 Å². The Balaban J connectivity index is 2.51. The van der Waals surface area contributed by atoms with E-state index in [0.717, 1.165) is 16.3 Å². The molecule has 11 heteroatoms. The van der Waals surface area contributed by atoms with Crippen molar-refractivity contribution in [1.82, 2.24) is 0 Å². The zero-order valence-corrected chi connectivity index (χ0v) is 21.0. The number of carboxylic acid groups (broad SMARTS) is 1. The number of methoxy groups -OCH3 is 1. The van der Waals surface area contributed by atoms with Crippen LogP contribution in [0.25, 0.3) is 0 Å². The molecule has 0 aliphatic rings. The molecule has 2 aromatic rings. The highest BCUT2D eigenvalue weighted by molar-refractivity contribution is 7.99. The third-order valence-electron chi connectivity index (χ3n) is 5.12. The van der Waals surface area contributed by atoms with Crippen LogP contribution in [0.5, 0.6) is 5.75 Å². The summed E-state index contributed by atoms with van der Waals surface area (Å²) in [5, 5.41) is 12.9. The first-order valence-corrected chi connectivity index (χ1v) is 11.5. The van der Waals surface area contributed by atoms with Crippen molar-refractivity contribution in [3.05, 3.63) is 58.5 Å². The van der Waals surface area contributed by atoms with Gasteiger partial charge in [0.25, 0.3) is 5.91 Å². The minimum absolute atomic E-state index is 0.175. The third-order valence-corrected chi connectivity index (χ3v) is 5.54. The average molecular weight is 489 g/mol. The van der Waals surface area contributed by atoms with E-state index in [9.17, 15) is 9.59 Å². The molecule has 0 aliphatic heterocycles. The fourth-order valence-corrected chi connectivity index (χ4v) is 3.51. The fourth-order valence-electron chi connectivity index (χ4n) is 3.13. The van der Waals surface area contributed by atoms with Crippen LogP contribution in [-0.4, -0.2) is 30.3 Å². The lowest BCUT2D eigenvalue weighted by Gasteiger charge is -2.24. The predicted octanol–water partition coefficient (Wildman–Crippen LogP) is 3.09. The van der Waals surface area contributed by atoms with Crippen LogP contribution in [0, 0.1) is 6.92 Å². The molecule has 0 aromatic heterocycles. The number of nitrogens with two attached hydrogens (primary N) is 3. The van der Waals surface area contributed by atoms with Gasteiger partial charge in [-0.1, -0.05) is 38.8 Å². The van der Waals surface area contributed by atoms with Crippen molar-refractivity contribution >= 4 is 40.9 Å². The Morgan fingerprint density at radius 2 is 1.74 bits per heavy atom. The second kappa shape index (κ2) is 10.6. The average Bonchev–Trinajstić information content (AvgIpc) is 2.77.